The van der Waals surface area contributed by atoms with E-state index in [4.69, 9.17) is 0 Å². The second-order valence-corrected chi connectivity index (χ2v) is 6.71. The van der Waals surface area contributed by atoms with E-state index in [9.17, 15) is 9.59 Å². The highest BCUT2D eigenvalue weighted by Crippen LogP contribution is 2.21. The van der Waals surface area contributed by atoms with E-state index in [1.54, 1.807) is 36.7 Å². The Kier molecular flexibility index (Phi) is 7.33. The van der Waals surface area contributed by atoms with Gasteiger partial charge < -0.3 is 10.6 Å². The van der Waals surface area contributed by atoms with Gasteiger partial charge in [0.25, 0.3) is 5.91 Å². The molecule has 5 nitrogen and oxygen atoms in total. The van der Waals surface area contributed by atoms with E-state index in [0.717, 1.165) is 18.4 Å². The van der Waals surface area contributed by atoms with Crippen molar-refractivity contribution < 1.29 is 9.59 Å². The van der Waals surface area contributed by atoms with Crippen LogP contribution in [0.1, 0.15) is 62.0 Å². The van der Waals surface area contributed by atoms with Gasteiger partial charge in [-0.2, -0.15) is 0 Å². The van der Waals surface area contributed by atoms with Crippen LogP contribution in [0.4, 0.5) is 5.69 Å². The quantitative estimate of drug-likeness (QED) is 0.742. The third-order valence-electron chi connectivity index (χ3n) is 4.19. The van der Waals surface area contributed by atoms with Crippen LogP contribution in [0.3, 0.4) is 0 Å². The Hall–Kier alpha value is -2.69. The normalized spacial score (nSPS) is 11.8. The summed E-state index contributed by atoms with van der Waals surface area (Å²) < 4.78 is 0. The van der Waals surface area contributed by atoms with E-state index in [1.807, 2.05) is 12.1 Å². The zero-order valence-electron chi connectivity index (χ0n) is 15.7. The molecule has 0 radical (unpaired) electrons. The van der Waals surface area contributed by atoms with Crippen LogP contribution in [0.25, 0.3) is 0 Å². The molecule has 0 saturated carbocycles. The van der Waals surface area contributed by atoms with Gasteiger partial charge in [0.2, 0.25) is 5.91 Å². The Morgan fingerprint density at radius 1 is 1.12 bits per heavy atom. The minimum atomic E-state index is -0.142. The monoisotopic (exact) mass is 353 g/mol. The Balaban J connectivity index is 2.01. The molecule has 0 aliphatic carbocycles. The summed E-state index contributed by atoms with van der Waals surface area (Å²) in [5, 5.41) is 5.92. The number of anilines is 1. The molecule has 2 amide bonds. The van der Waals surface area contributed by atoms with Crippen LogP contribution in [-0.2, 0) is 4.79 Å². The number of unbranched alkanes of at least 4 members (excludes halogenated alkanes) is 1. The summed E-state index contributed by atoms with van der Waals surface area (Å²) in [6.07, 6.45) is 5.87. The predicted octanol–water partition coefficient (Wildman–Crippen LogP) is 4.34. The van der Waals surface area contributed by atoms with Crippen molar-refractivity contribution in [1.29, 1.82) is 0 Å². The number of nitrogens with zero attached hydrogens (tertiary/aromatic N) is 1. The Labute approximate surface area is 155 Å². The van der Waals surface area contributed by atoms with Crippen molar-refractivity contribution in [3.63, 3.8) is 0 Å². The standard InChI is InChI=1S/C21H27N3O2/c1-4-5-8-19(25)23-18-11-9-16(10-12-18)21(26)24-20(15(2)3)17-7-6-13-22-14-17/h6-7,9-15,20H,4-5,8H2,1-3H3,(H,23,25)(H,24,26)/t20-/m0/s1. The fourth-order valence-electron chi connectivity index (χ4n) is 2.69. The fourth-order valence-corrected chi connectivity index (χ4v) is 2.69. The number of carbonyl (C=O) groups is 2. The first-order chi connectivity index (χ1) is 12.5. The molecule has 2 aromatic rings. The smallest absolute Gasteiger partial charge is 0.251 e. The Morgan fingerprint density at radius 2 is 1.85 bits per heavy atom. The maximum atomic E-state index is 12.6. The highest BCUT2D eigenvalue weighted by molar-refractivity contribution is 5.96. The summed E-state index contributed by atoms with van der Waals surface area (Å²) in [6, 6.07) is 10.7. The number of benzene rings is 1. The molecule has 0 bridgehead atoms. The number of nitrogens with one attached hydrogen (secondary N) is 2. The van der Waals surface area contributed by atoms with E-state index in [-0.39, 0.29) is 23.8 Å². The average Bonchev–Trinajstić information content (AvgIpc) is 2.65. The first kappa shape index (κ1) is 19.6. The van der Waals surface area contributed by atoms with Gasteiger partial charge >= 0.3 is 0 Å². The van der Waals surface area contributed by atoms with Gasteiger partial charge in [-0.05, 0) is 48.2 Å². The van der Waals surface area contributed by atoms with Crippen LogP contribution >= 0.6 is 0 Å². The van der Waals surface area contributed by atoms with E-state index in [2.05, 4.69) is 36.4 Å². The number of pyridine rings is 1. The maximum absolute atomic E-state index is 12.6. The molecule has 1 aromatic carbocycles. The molecule has 2 N–H and O–H groups in total. The molecule has 0 unspecified atom stereocenters. The van der Waals surface area contributed by atoms with Crippen LogP contribution in [-0.4, -0.2) is 16.8 Å². The van der Waals surface area contributed by atoms with Gasteiger partial charge in [-0.3, -0.25) is 14.6 Å². The number of amides is 2. The van der Waals surface area contributed by atoms with Crippen molar-refractivity contribution in [2.24, 2.45) is 5.92 Å². The number of hydrogen-bond acceptors (Lipinski definition) is 3. The van der Waals surface area contributed by atoms with Crippen LogP contribution in [0, 0.1) is 5.92 Å². The topological polar surface area (TPSA) is 71.1 Å². The first-order valence-corrected chi connectivity index (χ1v) is 9.12. The van der Waals surface area contributed by atoms with Gasteiger partial charge in [-0.25, -0.2) is 0 Å². The number of aromatic nitrogens is 1. The predicted molar refractivity (Wildman–Crippen MR) is 104 cm³/mol. The van der Waals surface area contributed by atoms with E-state index in [0.29, 0.717) is 17.7 Å². The van der Waals surface area contributed by atoms with Crippen molar-refractivity contribution >= 4 is 17.5 Å². The van der Waals surface area contributed by atoms with Gasteiger partial charge in [0.1, 0.15) is 0 Å². The number of hydrogen-bond donors (Lipinski definition) is 2. The summed E-state index contributed by atoms with van der Waals surface area (Å²) in [5.74, 6) is 0.0946. The molecule has 138 valence electrons. The molecule has 1 atom stereocenters. The summed E-state index contributed by atoms with van der Waals surface area (Å²) >= 11 is 0. The second-order valence-electron chi connectivity index (χ2n) is 6.71. The molecule has 2 rings (SSSR count). The van der Waals surface area contributed by atoms with Crippen molar-refractivity contribution in [2.45, 2.75) is 46.1 Å². The molecule has 0 aliphatic heterocycles. The van der Waals surface area contributed by atoms with E-state index >= 15 is 0 Å². The lowest BCUT2D eigenvalue weighted by atomic mass is 9.97. The molecule has 26 heavy (non-hydrogen) atoms. The highest BCUT2D eigenvalue weighted by Gasteiger charge is 2.19. The largest absolute Gasteiger partial charge is 0.345 e. The second kappa shape index (κ2) is 9.70. The summed E-state index contributed by atoms with van der Waals surface area (Å²) in [6.45, 7) is 6.18. The van der Waals surface area contributed by atoms with Gasteiger partial charge in [0, 0.05) is 30.1 Å². The molecule has 0 fully saturated rings. The Morgan fingerprint density at radius 3 is 2.42 bits per heavy atom. The summed E-state index contributed by atoms with van der Waals surface area (Å²) in [5.41, 5.74) is 2.25. The zero-order chi connectivity index (χ0) is 18.9. The SMILES string of the molecule is CCCCC(=O)Nc1ccc(C(=O)N[C@H](c2cccnc2)C(C)C)cc1. The molecule has 5 heteroatoms. The summed E-state index contributed by atoms with van der Waals surface area (Å²) in [4.78, 5) is 28.5. The maximum Gasteiger partial charge on any atom is 0.251 e. The molecule has 1 aromatic heterocycles. The highest BCUT2D eigenvalue weighted by atomic mass is 16.2. The van der Waals surface area contributed by atoms with Crippen LogP contribution in [0.5, 0.6) is 0 Å². The van der Waals surface area contributed by atoms with Gasteiger partial charge in [-0.1, -0.05) is 33.3 Å². The van der Waals surface area contributed by atoms with Crippen LogP contribution in [0.2, 0.25) is 0 Å². The third kappa shape index (κ3) is 5.69. The zero-order valence-corrected chi connectivity index (χ0v) is 15.7. The lowest BCUT2D eigenvalue weighted by molar-refractivity contribution is -0.116. The lowest BCUT2D eigenvalue weighted by Crippen LogP contribution is -2.31. The number of rotatable bonds is 8. The van der Waals surface area contributed by atoms with Gasteiger partial charge in [0.05, 0.1) is 6.04 Å². The fraction of sp³-hybridized carbons (Fsp3) is 0.381. The molecule has 1 heterocycles. The van der Waals surface area contributed by atoms with E-state index < -0.39 is 0 Å². The lowest BCUT2D eigenvalue weighted by Gasteiger charge is -2.22. The molecule has 0 aliphatic rings. The van der Waals surface area contributed by atoms with Crippen LogP contribution < -0.4 is 10.6 Å². The van der Waals surface area contributed by atoms with Crippen molar-refractivity contribution in [3.05, 3.63) is 59.9 Å². The van der Waals surface area contributed by atoms with Crippen molar-refractivity contribution in [3.8, 4) is 0 Å². The minimum Gasteiger partial charge on any atom is -0.345 e. The van der Waals surface area contributed by atoms with Gasteiger partial charge in [-0.15, -0.1) is 0 Å². The third-order valence-corrected chi connectivity index (χ3v) is 4.19. The molecular weight excluding hydrogens is 326 g/mol. The van der Waals surface area contributed by atoms with E-state index in [1.165, 1.54) is 0 Å². The average molecular weight is 353 g/mol. The first-order valence-electron chi connectivity index (χ1n) is 9.12. The van der Waals surface area contributed by atoms with Crippen molar-refractivity contribution in [2.75, 3.05) is 5.32 Å². The molecular formula is C21H27N3O2. The molecule has 0 saturated heterocycles. The van der Waals surface area contributed by atoms with Crippen molar-refractivity contribution in [1.82, 2.24) is 10.3 Å². The minimum absolute atomic E-state index is 0.000464. The number of carbonyl (C=O) groups excluding carboxylic acids is 2. The van der Waals surface area contributed by atoms with Gasteiger partial charge in [0.15, 0.2) is 0 Å². The van der Waals surface area contributed by atoms with Crippen LogP contribution in [0.15, 0.2) is 48.8 Å². The summed E-state index contributed by atoms with van der Waals surface area (Å²) in [7, 11) is 0. The Bertz CT molecular complexity index is 712. The molecule has 0 spiro atoms.